The Labute approximate surface area is 169 Å². The van der Waals surface area contributed by atoms with Gasteiger partial charge in [0.1, 0.15) is 11.6 Å². The lowest BCUT2D eigenvalue weighted by Gasteiger charge is -2.32. The Morgan fingerprint density at radius 1 is 1.10 bits per heavy atom. The van der Waals surface area contributed by atoms with Crippen molar-refractivity contribution in [2.24, 2.45) is 5.92 Å². The molecule has 1 N–H and O–H groups in total. The SMILES string of the molecule is O=C(CCC1CCCN(S(=O)(=O)c2ccc(F)cc2)C1)NCc1cccc(F)c1. The van der Waals surface area contributed by atoms with Gasteiger partial charge in [-0.1, -0.05) is 12.1 Å². The summed E-state index contributed by atoms with van der Waals surface area (Å²) in [5.41, 5.74) is 0.688. The van der Waals surface area contributed by atoms with Gasteiger partial charge in [0.2, 0.25) is 15.9 Å². The summed E-state index contributed by atoms with van der Waals surface area (Å²) in [5, 5.41) is 2.77. The molecule has 5 nitrogen and oxygen atoms in total. The van der Waals surface area contributed by atoms with Crippen molar-refractivity contribution in [1.82, 2.24) is 9.62 Å². The molecule has 1 atom stereocenters. The highest BCUT2D eigenvalue weighted by atomic mass is 32.2. The van der Waals surface area contributed by atoms with E-state index in [1.165, 1.54) is 28.6 Å². The minimum absolute atomic E-state index is 0.0763. The first-order valence-electron chi connectivity index (χ1n) is 9.61. The number of rotatable bonds is 7. The summed E-state index contributed by atoms with van der Waals surface area (Å²) in [6.07, 6.45) is 2.43. The van der Waals surface area contributed by atoms with Gasteiger partial charge in [-0.15, -0.1) is 0 Å². The number of amides is 1. The van der Waals surface area contributed by atoms with Gasteiger partial charge in [-0.05, 0) is 67.1 Å². The van der Waals surface area contributed by atoms with Crippen molar-refractivity contribution in [2.75, 3.05) is 13.1 Å². The molecular formula is C21H24F2N2O3S. The van der Waals surface area contributed by atoms with Crippen LogP contribution in [0.3, 0.4) is 0 Å². The Bertz CT molecular complexity index is 949. The van der Waals surface area contributed by atoms with Crippen molar-refractivity contribution in [2.45, 2.75) is 37.1 Å². The van der Waals surface area contributed by atoms with Gasteiger partial charge in [-0.2, -0.15) is 4.31 Å². The van der Waals surface area contributed by atoms with Gasteiger partial charge < -0.3 is 5.32 Å². The van der Waals surface area contributed by atoms with Crippen LogP contribution < -0.4 is 5.32 Å². The number of hydrogen-bond donors (Lipinski definition) is 1. The predicted octanol–water partition coefficient (Wildman–Crippen LogP) is 3.46. The molecule has 156 valence electrons. The maximum absolute atomic E-state index is 13.2. The molecule has 0 spiro atoms. The van der Waals surface area contributed by atoms with Crippen LogP contribution in [0.2, 0.25) is 0 Å². The van der Waals surface area contributed by atoms with Crippen LogP contribution in [0, 0.1) is 17.6 Å². The minimum atomic E-state index is -3.67. The zero-order chi connectivity index (χ0) is 20.9. The number of benzene rings is 2. The number of nitrogens with zero attached hydrogens (tertiary/aromatic N) is 1. The first-order valence-corrected chi connectivity index (χ1v) is 11.1. The summed E-state index contributed by atoms with van der Waals surface area (Å²) in [7, 11) is -3.67. The van der Waals surface area contributed by atoms with E-state index in [0.29, 0.717) is 25.1 Å². The van der Waals surface area contributed by atoms with Gasteiger partial charge >= 0.3 is 0 Å². The van der Waals surface area contributed by atoms with Gasteiger partial charge in [0.05, 0.1) is 4.90 Å². The van der Waals surface area contributed by atoms with E-state index in [9.17, 15) is 22.0 Å². The fourth-order valence-electron chi connectivity index (χ4n) is 3.51. The van der Waals surface area contributed by atoms with Crippen LogP contribution >= 0.6 is 0 Å². The molecule has 0 aromatic heterocycles. The second-order valence-corrected chi connectivity index (χ2v) is 9.21. The van der Waals surface area contributed by atoms with E-state index >= 15 is 0 Å². The molecule has 1 amide bonds. The zero-order valence-electron chi connectivity index (χ0n) is 16.0. The van der Waals surface area contributed by atoms with Crippen molar-refractivity contribution >= 4 is 15.9 Å². The fourth-order valence-corrected chi connectivity index (χ4v) is 5.06. The second kappa shape index (κ2) is 9.45. The van der Waals surface area contributed by atoms with Crippen LogP contribution in [0.1, 0.15) is 31.2 Å². The third kappa shape index (κ3) is 5.83. The lowest BCUT2D eigenvalue weighted by Crippen LogP contribution is -2.40. The van der Waals surface area contributed by atoms with E-state index in [1.807, 2.05) is 0 Å². The molecule has 1 aliphatic rings. The summed E-state index contributed by atoms with van der Waals surface area (Å²) >= 11 is 0. The summed E-state index contributed by atoms with van der Waals surface area (Å²) in [5.74, 6) is -0.891. The van der Waals surface area contributed by atoms with Crippen LogP contribution in [-0.2, 0) is 21.4 Å². The summed E-state index contributed by atoms with van der Waals surface area (Å²) in [6.45, 7) is 1.02. The van der Waals surface area contributed by atoms with Gasteiger partial charge in [-0.3, -0.25) is 4.79 Å². The molecule has 29 heavy (non-hydrogen) atoms. The van der Waals surface area contributed by atoms with Crippen LogP contribution in [0.25, 0.3) is 0 Å². The Kier molecular flexibility index (Phi) is 6.97. The molecule has 8 heteroatoms. The normalized spacial score (nSPS) is 17.8. The largest absolute Gasteiger partial charge is 0.352 e. The molecule has 1 unspecified atom stereocenters. The Morgan fingerprint density at radius 2 is 1.86 bits per heavy atom. The molecular weight excluding hydrogens is 398 g/mol. The lowest BCUT2D eigenvalue weighted by molar-refractivity contribution is -0.121. The first kappa shape index (κ1) is 21.4. The predicted molar refractivity (Wildman–Crippen MR) is 105 cm³/mol. The number of hydrogen-bond acceptors (Lipinski definition) is 3. The third-order valence-corrected chi connectivity index (χ3v) is 6.97. The average molecular weight is 422 g/mol. The molecule has 1 aliphatic heterocycles. The van der Waals surface area contributed by atoms with Crippen molar-refractivity contribution in [3.63, 3.8) is 0 Å². The molecule has 2 aromatic rings. The molecule has 1 heterocycles. The first-order chi connectivity index (χ1) is 13.8. The smallest absolute Gasteiger partial charge is 0.243 e. The highest BCUT2D eigenvalue weighted by molar-refractivity contribution is 7.89. The monoisotopic (exact) mass is 422 g/mol. The zero-order valence-corrected chi connectivity index (χ0v) is 16.8. The standard InChI is InChI=1S/C21H24F2N2O3S/c22-18-7-9-20(10-8-18)29(27,28)25-12-2-4-16(15-25)6-11-21(26)24-14-17-3-1-5-19(23)13-17/h1,3,5,7-10,13,16H,2,4,6,11-12,14-15H2,(H,24,26). The fraction of sp³-hybridized carbons (Fsp3) is 0.381. The highest BCUT2D eigenvalue weighted by Gasteiger charge is 2.30. The van der Waals surface area contributed by atoms with Gasteiger partial charge in [0.25, 0.3) is 0 Å². The lowest BCUT2D eigenvalue weighted by atomic mass is 9.94. The molecule has 2 aromatic carbocycles. The van der Waals surface area contributed by atoms with Gasteiger partial charge in [0.15, 0.2) is 0 Å². The van der Waals surface area contributed by atoms with Crippen LogP contribution in [0.5, 0.6) is 0 Å². The number of halogens is 2. The number of piperidine rings is 1. The van der Waals surface area contributed by atoms with E-state index in [1.54, 1.807) is 12.1 Å². The minimum Gasteiger partial charge on any atom is -0.352 e. The molecule has 1 fully saturated rings. The van der Waals surface area contributed by atoms with Crippen LogP contribution in [0.4, 0.5) is 8.78 Å². The molecule has 1 saturated heterocycles. The van der Waals surface area contributed by atoms with Crippen LogP contribution in [-0.4, -0.2) is 31.7 Å². The van der Waals surface area contributed by atoms with E-state index in [0.717, 1.165) is 25.0 Å². The molecule has 0 aliphatic carbocycles. The van der Waals surface area contributed by atoms with Crippen molar-refractivity contribution < 1.29 is 22.0 Å². The third-order valence-electron chi connectivity index (χ3n) is 5.09. The Hall–Kier alpha value is -2.32. The summed E-state index contributed by atoms with van der Waals surface area (Å²) in [6, 6.07) is 10.9. The number of sulfonamides is 1. The quantitative estimate of drug-likeness (QED) is 0.743. The summed E-state index contributed by atoms with van der Waals surface area (Å²) in [4.78, 5) is 12.2. The van der Waals surface area contributed by atoms with Gasteiger partial charge in [0, 0.05) is 26.1 Å². The van der Waals surface area contributed by atoms with Crippen LogP contribution in [0.15, 0.2) is 53.4 Å². The number of carbonyl (C=O) groups is 1. The van der Waals surface area contributed by atoms with E-state index in [2.05, 4.69) is 5.32 Å². The molecule has 0 bridgehead atoms. The molecule has 3 rings (SSSR count). The Balaban J connectivity index is 1.50. The van der Waals surface area contributed by atoms with Gasteiger partial charge in [-0.25, -0.2) is 17.2 Å². The second-order valence-electron chi connectivity index (χ2n) is 7.27. The van der Waals surface area contributed by atoms with Crippen molar-refractivity contribution in [3.05, 3.63) is 65.7 Å². The van der Waals surface area contributed by atoms with E-state index in [-0.39, 0.29) is 35.5 Å². The summed E-state index contributed by atoms with van der Waals surface area (Å²) < 4.78 is 53.2. The maximum Gasteiger partial charge on any atom is 0.243 e. The van der Waals surface area contributed by atoms with E-state index in [4.69, 9.17) is 0 Å². The topological polar surface area (TPSA) is 66.5 Å². The number of carbonyl (C=O) groups excluding carboxylic acids is 1. The van der Waals surface area contributed by atoms with Crippen molar-refractivity contribution in [1.29, 1.82) is 0 Å². The average Bonchev–Trinajstić information content (AvgIpc) is 2.71. The van der Waals surface area contributed by atoms with Crippen molar-refractivity contribution in [3.8, 4) is 0 Å². The Morgan fingerprint density at radius 3 is 2.59 bits per heavy atom. The maximum atomic E-state index is 13.2. The molecule has 0 saturated carbocycles. The highest BCUT2D eigenvalue weighted by Crippen LogP contribution is 2.26. The number of nitrogens with one attached hydrogen (secondary N) is 1. The van der Waals surface area contributed by atoms with E-state index < -0.39 is 15.8 Å². The molecule has 0 radical (unpaired) electrons.